The normalized spacial score (nSPS) is 14.5. The predicted molar refractivity (Wildman–Crippen MR) is 50.5 cm³/mol. The molecule has 3 nitrogen and oxygen atoms in total. The molecule has 0 fully saturated rings. The number of rotatable bonds is 1. The Labute approximate surface area is 77.8 Å². The number of primary amides is 1. The van der Waals surface area contributed by atoms with Gasteiger partial charge in [0.1, 0.15) is 5.70 Å². The van der Waals surface area contributed by atoms with E-state index >= 15 is 0 Å². The van der Waals surface area contributed by atoms with Crippen LogP contribution in [-0.4, -0.2) is 5.91 Å². The maximum absolute atomic E-state index is 10.8. The fourth-order valence-electron chi connectivity index (χ4n) is 0.891. The lowest BCUT2D eigenvalue weighted by Gasteiger charge is -2.11. The standard InChI is InChI=1S/C7H6N2OS2/c8-7(10)4-3-6-5(12-9-4)1-2-11-6/h1-3,9H,(H2,8,10). The highest BCUT2D eigenvalue weighted by Gasteiger charge is 2.14. The first-order valence-electron chi connectivity index (χ1n) is 3.29. The van der Waals surface area contributed by atoms with Crippen LogP contribution in [0.25, 0.3) is 6.08 Å². The Morgan fingerprint density at radius 2 is 2.42 bits per heavy atom. The summed E-state index contributed by atoms with van der Waals surface area (Å²) in [7, 11) is 0. The van der Waals surface area contributed by atoms with Crippen LogP contribution in [0.4, 0.5) is 0 Å². The van der Waals surface area contributed by atoms with Crippen molar-refractivity contribution in [3.8, 4) is 0 Å². The van der Waals surface area contributed by atoms with Crippen molar-refractivity contribution in [3.63, 3.8) is 0 Å². The molecule has 0 atom stereocenters. The molecule has 1 aromatic rings. The summed E-state index contributed by atoms with van der Waals surface area (Å²) in [6.45, 7) is 0. The summed E-state index contributed by atoms with van der Waals surface area (Å²) in [5.41, 5.74) is 5.58. The molecule has 2 heterocycles. The molecule has 1 amide bonds. The fraction of sp³-hybridized carbons (Fsp3) is 0. The number of carbonyl (C=O) groups excluding carboxylic acids is 1. The zero-order chi connectivity index (χ0) is 8.55. The van der Waals surface area contributed by atoms with Crippen molar-refractivity contribution in [1.82, 2.24) is 4.72 Å². The fourth-order valence-corrected chi connectivity index (χ4v) is 2.64. The SMILES string of the molecule is NC(=O)C1=Cc2sccc2SN1. The molecular weight excluding hydrogens is 192 g/mol. The topological polar surface area (TPSA) is 55.1 Å². The third kappa shape index (κ3) is 1.21. The summed E-state index contributed by atoms with van der Waals surface area (Å²) in [6.07, 6.45) is 1.78. The molecule has 2 rings (SSSR count). The second-order valence-electron chi connectivity index (χ2n) is 2.28. The van der Waals surface area contributed by atoms with Gasteiger partial charge in [-0.3, -0.25) is 4.79 Å². The zero-order valence-corrected chi connectivity index (χ0v) is 7.67. The van der Waals surface area contributed by atoms with Gasteiger partial charge in [0.25, 0.3) is 5.91 Å². The van der Waals surface area contributed by atoms with Gasteiger partial charge in [-0.1, -0.05) is 0 Å². The van der Waals surface area contributed by atoms with Crippen LogP contribution >= 0.6 is 23.3 Å². The van der Waals surface area contributed by atoms with Gasteiger partial charge in [0, 0.05) is 9.77 Å². The highest BCUT2D eigenvalue weighted by atomic mass is 32.2. The lowest BCUT2D eigenvalue weighted by atomic mass is 10.3. The Bertz CT molecular complexity index is 356. The minimum Gasteiger partial charge on any atom is -0.364 e. The summed E-state index contributed by atoms with van der Waals surface area (Å²) >= 11 is 3.02. The van der Waals surface area contributed by atoms with Crippen molar-refractivity contribution < 1.29 is 4.79 Å². The lowest BCUT2D eigenvalue weighted by molar-refractivity contribution is -0.114. The van der Waals surface area contributed by atoms with Gasteiger partial charge in [-0.25, -0.2) is 0 Å². The number of nitrogens with one attached hydrogen (secondary N) is 1. The molecule has 62 valence electrons. The van der Waals surface area contributed by atoms with Crippen molar-refractivity contribution in [3.05, 3.63) is 22.0 Å². The van der Waals surface area contributed by atoms with Gasteiger partial charge >= 0.3 is 0 Å². The number of carbonyl (C=O) groups is 1. The smallest absolute Gasteiger partial charge is 0.265 e. The predicted octanol–water partition coefficient (Wildman–Crippen LogP) is 1.18. The van der Waals surface area contributed by atoms with E-state index < -0.39 is 5.91 Å². The molecule has 0 aliphatic carbocycles. The summed E-state index contributed by atoms with van der Waals surface area (Å²) in [6, 6.07) is 2.01. The first kappa shape index (κ1) is 7.70. The molecule has 5 heteroatoms. The molecule has 0 bridgehead atoms. The van der Waals surface area contributed by atoms with E-state index in [0.717, 1.165) is 9.77 Å². The van der Waals surface area contributed by atoms with Crippen LogP contribution in [0.15, 0.2) is 22.0 Å². The van der Waals surface area contributed by atoms with Crippen molar-refractivity contribution >= 4 is 35.3 Å². The first-order chi connectivity index (χ1) is 5.77. The Kier molecular flexibility index (Phi) is 1.82. The van der Waals surface area contributed by atoms with Gasteiger partial charge in [-0.05, 0) is 29.5 Å². The lowest BCUT2D eigenvalue weighted by Crippen LogP contribution is -2.23. The van der Waals surface area contributed by atoms with Crippen LogP contribution < -0.4 is 10.5 Å². The van der Waals surface area contributed by atoms with Crippen LogP contribution in [0.1, 0.15) is 4.88 Å². The summed E-state index contributed by atoms with van der Waals surface area (Å²) < 4.78 is 2.87. The van der Waals surface area contributed by atoms with E-state index in [0.29, 0.717) is 5.70 Å². The largest absolute Gasteiger partial charge is 0.364 e. The van der Waals surface area contributed by atoms with Crippen LogP contribution in [0, 0.1) is 0 Å². The minimum absolute atomic E-state index is 0.415. The maximum atomic E-state index is 10.8. The Morgan fingerprint density at radius 3 is 3.17 bits per heavy atom. The van der Waals surface area contributed by atoms with Crippen molar-refractivity contribution in [2.45, 2.75) is 4.90 Å². The van der Waals surface area contributed by atoms with Crippen LogP contribution in [0.2, 0.25) is 0 Å². The van der Waals surface area contributed by atoms with E-state index in [1.807, 2.05) is 11.4 Å². The third-order valence-electron chi connectivity index (χ3n) is 1.47. The van der Waals surface area contributed by atoms with E-state index in [-0.39, 0.29) is 0 Å². The number of hydrogen-bond donors (Lipinski definition) is 2. The van der Waals surface area contributed by atoms with Gasteiger partial charge in [0.15, 0.2) is 0 Å². The average molecular weight is 198 g/mol. The minimum atomic E-state index is -0.415. The average Bonchev–Trinajstić information content (AvgIpc) is 2.49. The molecule has 1 aromatic heterocycles. The van der Waals surface area contributed by atoms with Gasteiger partial charge in [-0.15, -0.1) is 11.3 Å². The van der Waals surface area contributed by atoms with Crippen LogP contribution in [0.5, 0.6) is 0 Å². The molecule has 0 spiro atoms. The van der Waals surface area contributed by atoms with Crippen LogP contribution in [0.3, 0.4) is 0 Å². The molecule has 0 saturated heterocycles. The number of nitrogens with two attached hydrogens (primary N) is 1. The highest BCUT2D eigenvalue weighted by Crippen LogP contribution is 2.31. The molecule has 3 N–H and O–H groups in total. The molecular formula is C7H6N2OS2. The Morgan fingerprint density at radius 1 is 1.58 bits per heavy atom. The highest BCUT2D eigenvalue weighted by molar-refractivity contribution is 7.97. The monoisotopic (exact) mass is 198 g/mol. The molecule has 1 aliphatic heterocycles. The third-order valence-corrected chi connectivity index (χ3v) is 3.36. The van der Waals surface area contributed by atoms with Crippen molar-refractivity contribution in [1.29, 1.82) is 0 Å². The molecule has 0 unspecified atom stereocenters. The van der Waals surface area contributed by atoms with Crippen LogP contribution in [-0.2, 0) is 4.79 Å². The van der Waals surface area contributed by atoms with Gasteiger partial charge in [-0.2, -0.15) is 0 Å². The number of fused-ring (bicyclic) bond motifs is 1. The summed E-state index contributed by atoms with van der Waals surface area (Å²) in [4.78, 5) is 13.0. The molecule has 12 heavy (non-hydrogen) atoms. The van der Waals surface area contributed by atoms with E-state index in [9.17, 15) is 4.79 Å². The van der Waals surface area contributed by atoms with E-state index in [4.69, 9.17) is 5.73 Å². The summed E-state index contributed by atoms with van der Waals surface area (Å²) in [5.74, 6) is -0.415. The first-order valence-corrected chi connectivity index (χ1v) is 4.99. The molecule has 0 aromatic carbocycles. The number of amides is 1. The second kappa shape index (κ2) is 2.84. The number of hydrogen-bond acceptors (Lipinski definition) is 4. The second-order valence-corrected chi connectivity index (χ2v) is 4.07. The van der Waals surface area contributed by atoms with Gasteiger partial charge in [0.05, 0.1) is 0 Å². The van der Waals surface area contributed by atoms with Gasteiger partial charge < -0.3 is 10.5 Å². The molecule has 0 saturated carbocycles. The zero-order valence-electron chi connectivity index (χ0n) is 6.03. The summed E-state index contributed by atoms with van der Waals surface area (Å²) in [5, 5.41) is 1.99. The Hall–Kier alpha value is -0.940. The van der Waals surface area contributed by atoms with E-state index in [2.05, 4.69) is 4.72 Å². The molecule has 1 aliphatic rings. The van der Waals surface area contributed by atoms with Gasteiger partial charge in [0.2, 0.25) is 0 Å². The van der Waals surface area contributed by atoms with E-state index in [1.54, 1.807) is 17.4 Å². The maximum Gasteiger partial charge on any atom is 0.265 e. The Balaban J connectivity index is 2.41. The van der Waals surface area contributed by atoms with E-state index in [1.165, 1.54) is 11.9 Å². The van der Waals surface area contributed by atoms with Crippen molar-refractivity contribution in [2.75, 3.05) is 0 Å². The van der Waals surface area contributed by atoms with Crippen molar-refractivity contribution in [2.24, 2.45) is 5.73 Å². The number of thiophene rings is 1. The molecule has 0 radical (unpaired) electrons. The quantitative estimate of drug-likeness (QED) is 0.666.